The van der Waals surface area contributed by atoms with Gasteiger partial charge in [0.1, 0.15) is 5.75 Å². The fourth-order valence-corrected chi connectivity index (χ4v) is 2.22. The van der Waals surface area contributed by atoms with Crippen LogP contribution in [0.3, 0.4) is 0 Å². The molecule has 0 radical (unpaired) electrons. The summed E-state index contributed by atoms with van der Waals surface area (Å²) in [6.07, 6.45) is 4.25. The lowest BCUT2D eigenvalue weighted by Crippen LogP contribution is -1.81. The molecule has 0 heterocycles. The summed E-state index contributed by atoms with van der Waals surface area (Å²) in [5, 5.41) is 2.54. The second-order valence-electron chi connectivity index (χ2n) is 4.71. The van der Waals surface area contributed by atoms with Crippen LogP contribution < -0.4 is 4.74 Å². The molecule has 0 bridgehead atoms. The van der Waals surface area contributed by atoms with Gasteiger partial charge in [-0.1, -0.05) is 60.7 Å². The summed E-state index contributed by atoms with van der Waals surface area (Å²) >= 11 is 0. The fraction of sp³-hybridized carbons (Fsp3) is 0.0526. The highest BCUT2D eigenvalue weighted by atomic mass is 16.5. The molecule has 0 spiro atoms. The van der Waals surface area contributed by atoms with Gasteiger partial charge in [-0.2, -0.15) is 0 Å². The normalized spacial score (nSPS) is 11.1. The Morgan fingerprint density at radius 1 is 0.700 bits per heavy atom. The molecule has 0 aromatic heterocycles. The lowest BCUT2D eigenvalue weighted by molar-refractivity contribution is 0.415. The molecule has 0 atom stereocenters. The van der Waals surface area contributed by atoms with Crippen LogP contribution in [0.15, 0.2) is 66.7 Å². The zero-order valence-electron chi connectivity index (χ0n) is 11.4. The number of fused-ring (bicyclic) bond motifs is 1. The van der Waals surface area contributed by atoms with E-state index in [-0.39, 0.29) is 0 Å². The van der Waals surface area contributed by atoms with Gasteiger partial charge in [0.05, 0.1) is 7.11 Å². The van der Waals surface area contributed by atoms with Gasteiger partial charge in [0.25, 0.3) is 0 Å². The molecular formula is C19H16O. The first-order valence-corrected chi connectivity index (χ1v) is 6.66. The van der Waals surface area contributed by atoms with E-state index in [4.69, 9.17) is 4.74 Å². The quantitative estimate of drug-likeness (QED) is 0.601. The van der Waals surface area contributed by atoms with E-state index in [1.165, 1.54) is 21.9 Å². The summed E-state index contributed by atoms with van der Waals surface area (Å²) in [5.74, 6) is 0.882. The number of benzene rings is 3. The highest BCUT2D eigenvalue weighted by molar-refractivity contribution is 5.85. The van der Waals surface area contributed by atoms with Gasteiger partial charge in [0, 0.05) is 0 Å². The zero-order chi connectivity index (χ0) is 13.8. The van der Waals surface area contributed by atoms with E-state index in [1.54, 1.807) is 7.11 Å². The van der Waals surface area contributed by atoms with Crippen LogP contribution in [0.4, 0.5) is 0 Å². The maximum Gasteiger partial charge on any atom is 0.118 e. The van der Waals surface area contributed by atoms with Crippen molar-refractivity contribution < 1.29 is 4.74 Å². The predicted molar refractivity (Wildman–Crippen MR) is 85.9 cm³/mol. The third-order valence-corrected chi connectivity index (χ3v) is 3.36. The molecule has 0 aliphatic carbocycles. The Kier molecular flexibility index (Phi) is 3.51. The van der Waals surface area contributed by atoms with Gasteiger partial charge in [-0.15, -0.1) is 0 Å². The van der Waals surface area contributed by atoms with Crippen LogP contribution in [-0.2, 0) is 0 Å². The highest BCUT2D eigenvalue weighted by Gasteiger charge is 1.94. The topological polar surface area (TPSA) is 9.23 Å². The molecule has 3 rings (SSSR count). The lowest BCUT2D eigenvalue weighted by atomic mass is 10.1. The Bertz CT molecular complexity index is 739. The number of hydrogen-bond acceptors (Lipinski definition) is 1. The van der Waals surface area contributed by atoms with E-state index in [9.17, 15) is 0 Å². The monoisotopic (exact) mass is 260 g/mol. The van der Waals surface area contributed by atoms with E-state index >= 15 is 0 Å². The van der Waals surface area contributed by atoms with E-state index in [0.29, 0.717) is 0 Å². The fourth-order valence-electron chi connectivity index (χ4n) is 2.22. The first kappa shape index (κ1) is 12.5. The first-order valence-electron chi connectivity index (χ1n) is 6.66. The van der Waals surface area contributed by atoms with Crippen molar-refractivity contribution in [1.29, 1.82) is 0 Å². The highest BCUT2D eigenvalue weighted by Crippen LogP contribution is 2.18. The van der Waals surface area contributed by atoms with Crippen molar-refractivity contribution in [3.05, 3.63) is 77.9 Å². The van der Waals surface area contributed by atoms with Gasteiger partial charge in [0.2, 0.25) is 0 Å². The van der Waals surface area contributed by atoms with Gasteiger partial charge in [-0.05, 0) is 40.1 Å². The minimum Gasteiger partial charge on any atom is -0.497 e. The molecule has 1 nitrogen and oxygen atoms in total. The average molecular weight is 260 g/mol. The third kappa shape index (κ3) is 2.72. The van der Waals surface area contributed by atoms with Crippen LogP contribution in [0, 0.1) is 0 Å². The molecule has 0 unspecified atom stereocenters. The summed E-state index contributed by atoms with van der Waals surface area (Å²) in [5.41, 5.74) is 2.37. The van der Waals surface area contributed by atoms with Crippen molar-refractivity contribution >= 4 is 22.9 Å². The van der Waals surface area contributed by atoms with E-state index < -0.39 is 0 Å². The van der Waals surface area contributed by atoms with Crippen molar-refractivity contribution in [1.82, 2.24) is 0 Å². The summed E-state index contributed by atoms with van der Waals surface area (Å²) in [7, 11) is 1.68. The number of hydrogen-bond donors (Lipinski definition) is 0. The molecule has 1 heteroatoms. The van der Waals surface area contributed by atoms with Gasteiger partial charge in [-0.3, -0.25) is 0 Å². The molecule has 0 saturated carbocycles. The number of rotatable bonds is 3. The predicted octanol–water partition coefficient (Wildman–Crippen LogP) is 5.02. The molecule has 0 fully saturated rings. The van der Waals surface area contributed by atoms with Gasteiger partial charge in [-0.25, -0.2) is 0 Å². The second kappa shape index (κ2) is 5.62. The Labute approximate surface area is 119 Å². The van der Waals surface area contributed by atoms with Crippen molar-refractivity contribution in [2.24, 2.45) is 0 Å². The lowest BCUT2D eigenvalue weighted by Gasteiger charge is -2.00. The molecule has 3 aromatic rings. The summed E-state index contributed by atoms with van der Waals surface area (Å²) in [6, 6.07) is 23.0. The van der Waals surface area contributed by atoms with Gasteiger partial charge < -0.3 is 4.74 Å². The molecular weight excluding hydrogens is 244 g/mol. The Morgan fingerprint density at radius 3 is 2.10 bits per heavy atom. The van der Waals surface area contributed by atoms with Crippen LogP contribution >= 0.6 is 0 Å². The number of ether oxygens (including phenoxy) is 1. The summed E-state index contributed by atoms with van der Waals surface area (Å²) < 4.78 is 5.16. The molecule has 0 N–H and O–H groups in total. The minimum atomic E-state index is 0.882. The maximum atomic E-state index is 5.16. The second-order valence-corrected chi connectivity index (χ2v) is 4.71. The Morgan fingerprint density at radius 2 is 1.35 bits per heavy atom. The third-order valence-electron chi connectivity index (χ3n) is 3.36. The average Bonchev–Trinajstić information content (AvgIpc) is 2.53. The standard InChI is InChI=1S/C19H16O/c1-20-19-12-9-15(10-13-19)6-7-16-8-11-17-4-2-3-5-18(17)14-16/h2-14H,1H3/b7-6-. The van der Waals surface area contributed by atoms with Crippen molar-refractivity contribution in [2.75, 3.05) is 7.11 Å². The van der Waals surface area contributed by atoms with Crippen LogP contribution in [0.5, 0.6) is 5.75 Å². The minimum absolute atomic E-state index is 0.882. The zero-order valence-corrected chi connectivity index (χ0v) is 11.4. The van der Waals surface area contributed by atoms with Gasteiger partial charge in [0.15, 0.2) is 0 Å². The molecule has 0 amide bonds. The smallest absolute Gasteiger partial charge is 0.118 e. The SMILES string of the molecule is COc1ccc(/C=C\c2ccc3ccccc3c2)cc1. The van der Waals surface area contributed by atoms with E-state index in [2.05, 4.69) is 66.7 Å². The van der Waals surface area contributed by atoms with Crippen LogP contribution in [0.2, 0.25) is 0 Å². The van der Waals surface area contributed by atoms with E-state index in [1.807, 2.05) is 12.1 Å². The number of methoxy groups -OCH3 is 1. The van der Waals surface area contributed by atoms with Crippen LogP contribution in [-0.4, -0.2) is 7.11 Å². The van der Waals surface area contributed by atoms with Crippen molar-refractivity contribution in [3.63, 3.8) is 0 Å². The maximum absolute atomic E-state index is 5.16. The van der Waals surface area contributed by atoms with Gasteiger partial charge >= 0.3 is 0 Å². The first-order chi connectivity index (χ1) is 9.85. The molecule has 0 aliphatic rings. The van der Waals surface area contributed by atoms with Crippen LogP contribution in [0.1, 0.15) is 11.1 Å². The molecule has 0 aliphatic heterocycles. The van der Waals surface area contributed by atoms with Crippen molar-refractivity contribution in [3.8, 4) is 5.75 Å². The Balaban J connectivity index is 1.85. The summed E-state index contributed by atoms with van der Waals surface area (Å²) in [4.78, 5) is 0. The van der Waals surface area contributed by atoms with E-state index in [0.717, 1.165) is 5.75 Å². The Hall–Kier alpha value is -2.54. The van der Waals surface area contributed by atoms with Crippen molar-refractivity contribution in [2.45, 2.75) is 0 Å². The summed E-state index contributed by atoms with van der Waals surface area (Å²) in [6.45, 7) is 0. The van der Waals surface area contributed by atoms with Crippen LogP contribution in [0.25, 0.3) is 22.9 Å². The molecule has 3 aromatic carbocycles. The molecule has 98 valence electrons. The molecule has 20 heavy (non-hydrogen) atoms. The molecule has 0 saturated heterocycles. The largest absolute Gasteiger partial charge is 0.497 e.